The first kappa shape index (κ1) is 24.4. The van der Waals surface area contributed by atoms with Crippen molar-refractivity contribution in [3.05, 3.63) is 77.0 Å². The fourth-order valence-electron chi connectivity index (χ4n) is 3.15. The van der Waals surface area contributed by atoms with Crippen LogP contribution in [-0.2, 0) is 10.2 Å². The lowest BCUT2D eigenvalue weighted by Gasteiger charge is -2.19. The van der Waals surface area contributed by atoms with Crippen LogP contribution in [0.15, 0.2) is 60.3 Å². The van der Waals surface area contributed by atoms with Gasteiger partial charge in [-0.3, -0.25) is 9.59 Å². The number of likely N-dealkylation sites (N-methyl/N-ethyl adjacent to an activating group) is 1. The maximum Gasteiger partial charge on any atom is 0.267 e. The van der Waals surface area contributed by atoms with Gasteiger partial charge in [0.2, 0.25) is 0 Å². The van der Waals surface area contributed by atoms with E-state index < -0.39 is 0 Å². The molecule has 0 aliphatic carbocycles. The van der Waals surface area contributed by atoms with Gasteiger partial charge in [-0.05, 0) is 47.8 Å². The zero-order valence-corrected chi connectivity index (χ0v) is 19.4. The average molecular weight is 422 g/mol. The Morgan fingerprint density at radius 2 is 1.55 bits per heavy atom. The number of rotatable bonds is 9. The second-order valence-electron chi connectivity index (χ2n) is 8.53. The summed E-state index contributed by atoms with van der Waals surface area (Å²) in [5.41, 5.74) is 2.86. The van der Waals surface area contributed by atoms with Crippen molar-refractivity contribution in [1.82, 2.24) is 15.5 Å². The number of nitrogens with one attached hydrogen (secondary N) is 2. The molecule has 2 rings (SSSR count). The fourth-order valence-corrected chi connectivity index (χ4v) is 3.15. The molecular weight excluding hydrogens is 386 g/mol. The summed E-state index contributed by atoms with van der Waals surface area (Å²) in [4.78, 5) is 27.8. The third kappa shape index (κ3) is 7.68. The molecule has 5 nitrogen and oxygen atoms in total. The molecule has 31 heavy (non-hydrogen) atoms. The molecule has 0 fully saturated rings. The van der Waals surface area contributed by atoms with E-state index >= 15 is 0 Å². The van der Waals surface area contributed by atoms with E-state index in [0.29, 0.717) is 12.1 Å². The van der Waals surface area contributed by atoms with Gasteiger partial charge in [0.05, 0.1) is 0 Å². The molecule has 0 radical (unpaired) electrons. The van der Waals surface area contributed by atoms with Gasteiger partial charge in [-0.1, -0.05) is 77.1 Å². The topological polar surface area (TPSA) is 61.4 Å². The molecule has 2 N–H and O–H groups in total. The summed E-state index contributed by atoms with van der Waals surface area (Å²) >= 11 is 0. The number of nitrogens with zero attached hydrogens (tertiary/aromatic N) is 1. The molecule has 0 saturated heterocycles. The van der Waals surface area contributed by atoms with Crippen molar-refractivity contribution in [3.8, 4) is 0 Å². The lowest BCUT2D eigenvalue weighted by atomic mass is 9.86. The van der Waals surface area contributed by atoms with Crippen molar-refractivity contribution in [1.29, 1.82) is 0 Å². The van der Waals surface area contributed by atoms with Gasteiger partial charge in [-0.2, -0.15) is 0 Å². The van der Waals surface area contributed by atoms with Crippen LogP contribution in [0.25, 0.3) is 6.08 Å². The zero-order chi connectivity index (χ0) is 22.9. The van der Waals surface area contributed by atoms with Gasteiger partial charge in [-0.15, -0.1) is 0 Å². The van der Waals surface area contributed by atoms with E-state index in [1.54, 1.807) is 30.3 Å². The summed E-state index contributed by atoms with van der Waals surface area (Å²) in [6, 6.07) is 17.0. The smallest absolute Gasteiger partial charge is 0.267 e. The predicted molar refractivity (Wildman–Crippen MR) is 128 cm³/mol. The van der Waals surface area contributed by atoms with Gasteiger partial charge >= 0.3 is 0 Å². The lowest BCUT2D eigenvalue weighted by molar-refractivity contribution is -0.117. The number of carbonyl (C=O) groups is 2. The highest BCUT2D eigenvalue weighted by Gasteiger charge is 2.16. The van der Waals surface area contributed by atoms with Gasteiger partial charge in [0.25, 0.3) is 11.8 Å². The Labute approximate surface area is 186 Å². The summed E-state index contributed by atoms with van der Waals surface area (Å²) in [5, 5.41) is 5.72. The van der Waals surface area contributed by atoms with E-state index in [9.17, 15) is 9.59 Å². The first-order valence-electron chi connectivity index (χ1n) is 10.9. The van der Waals surface area contributed by atoms with Crippen LogP contribution in [0.2, 0.25) is 0 Å². The molecule has 0 saturated carbocycles. The summed E-state index contributed by atoms with van der Waals surface area (Å²) in [6.45, 7) is 13.8. The first-order chi connectivity index (χ1) is 14.7. The Morgan fingerprint density at radius 3 is 2.10 bits per heavy atom. The second-order valence-corrected chi connectivity index (χ2v) is 8.53. The maximum absolute atomic E-state index is 12.9. The van der Waals surface area contributed by atoms with Crippen LogP contribution in [0.3, 0.4) is 0 Å². The fraction of sp³-hybridized carbons (Fsp3) is 0.385. The minimum atomic E-state index is -0.308. The van der Waals surface area contributed by atoms with Crippen molar-refractivity contribution in [3.63, 3.8) is 0 Å². The number of hydrogen-bond acceptors (Lipinski definition) is 3. The molecule has 0 heterocycles. The number of carbonyl (C=O) groups excluding carboxylic acids is 2. The monoisotopic (exact) mass is 421 g/mol. The molecule has 0 atom stereocenters. The Balaban J connectivity index is 2.21. The highest BCUT2D eigenvalue weighted by atomic mass is 16.2. The van der Waals surface area contributed by atoms with Crippen LogP contribution in [0, 0.1) is 0 Å². The molecule has 0 aliphatic heterocycles. The van der Waals surface area contributed by atoms with Gasteiger partial charge < -0.3 is 15.5 Å². The molecule has 5 heteroatoms. The summed E-state index contributed by atoms with van der Waals surface area (Å²) in [6.07, 6.45) is 1.72. The van der Waals surface area contributed by atoms with Gasteiger partial charge in [0, 0.05) is 18.7 Å². The Kier molecular flexibility index (Phi) is 9.01. The number of amides is 2. The molecule has 2 amide bonds. The van der Waals surface area contributed by atoms with Crippen LogP contribution in [0.5, 0.6) is 0 Å². The van der Waals surface area contributed by atoms with Crippen molar-refractivity contribution < 1.29 is 9.59 Å². The van der Waals surface area contributed by atoms with Crippen LogP contribution >= 0.6 is 0 Å². The SMILES string of the molecule is CCN(CC)CCNC(=O)C(=Cc1ccc(C(C)(C)C)cc1)NC(=O)c1ccccc1. The van der Waals surface area contributed by atoms with E-state index in [0.717, 1.165) is 25.2 Å². The average Bonchev–Trinajstić information content (AvgIpc) is 2.76. The van der Waals surface area contributed by atoms with E-state index in [1.165, 1.54) is 5.56 Å². The quantitative estimate of drug-likeness (QED) is 0.596. The minimum absolute atomic E-state index is 0.0500. The van der Waals surface area contributed by atoms with Gasteiger partial charge in [0.1, 0.15) is 5.70 Å². The third-order valence-corrected chi connectivity index (χ3v) is 5.22. The molecule has 2 aromatic rings. The molecule has 0 spiro atoms. The van der Waals surface area contributed by atoms with Crippen molar-refractivity contribution in [2.75, 3.05) is 26.2 Å². The molecule has 2 aromatic carbocycles. The van der Waals surface area contributed by atoms with Crippen molar-refractivity contribution in [2.24, 2.45) is 0 Å². The second kappa shape index (κ2) is 11.5. The van der Waals surface area contributed by atoms with Crippen LogP contribution in [0.1, 0.15) is 56.1 Å². The molecular formula is C26H35N3O2. The van der Waals surface area contributed by atoms with Crippen LogP contribution in [0.4, 0.5) is 0 Å². The van der Waals surface area contributed by atoms with E-state index in [1.807, 2.05) is 18.2 Å². The zero-order valence-electron chi connectivity index (χ0n) is 19.4. The number of hydrogen-bond donors (Lipinski definition) is 2. The first-order valence-corrected chi connectivity index (χ1v) is 10.9. The molecule has 0 aromatic heterocycles. The maximum atomic E-state index is 12.9. The predicted octanol–water partition coefficient (Wildman–Crippen LogP) is 4.21. The molecule has 0 unspecified atom stereocenters. The van der Waals surface area contributed by atoms with E-state index in [4.69, 9.17) is 0 Å². The summed E-state index contributed by atoms with van der Waals surface area (Å²) in [7, 11) is 0. The summed E-state index contributed by atoms with van der Waals surface area (Å²) < 4.78 is 0. The Morgan fingerprint density at radius 1 is 0.935 bits per heavy atom. The van der Waals surface area contributed by atoms with Crippen molar-refractivity contribution in [2.45, 2.75) is 40.0 Å². The molecule has 0 bridgehead atoms. The van der Waals surface area contributed by atoms with E-state index in [2.05, 4.69) is 62.3 Å². The minimum Gasteiger partial charge on any atom is -0.349 e. The normalized spacial score (nSPS) is 12.0. The third-order valence-electron chi connectivity index (χ3n) is 5.22. The summed E-state index contributed by atoms with van der Waals surface area (Å²) in [5.74, 6) is -0.603. The Hall–Kier alpha value is -2.92. The molecule has 0 aliphatic rings. The lowest BCUT2D eigenvalue weighted by Crippen LogP contribution is -2.39. The highest BCUT2D eigenvalue weighted by molar-refractivity contribution is 6.05. The molecule has 166 valence electrons. The standard InChI is InChI=1S/C26H35N3O2/c1-6-29(7-2)18-17-27-25(31)23(28-24(30)21-11-9-8-10-12-21)19-20-13-15-22(16-14-20)26(3,4)5/h8-16,19H,6-7,17-18H2,1-5H3,(H,27,31)(H,28,30). The number of benzene rings is 2. The largest absolute Gasteiger partial charge is 0.349 e. The van der Waals surface area contributed by atoms with Crippen molar-refractivity contribution >= 4 is 17.9 Å². The van der Waals surface area contributed by atoms with Crippen LogP contribution in [-0.4, -0.2) is 42.9 Å². The highest BCUT2D eigenvalue weighted by Crippen LogP contribution is 2.22. The van der Waals surface area contributed by atoms with Gasteiger partial charge in [0.15, 0.2) is 0 Å². The Bertz CT molecular complexity index is 877. The van der Waals surface area contributed by atoms with Crippen LogP contribution < -0.4 is 10.6 Å². The van der Waals surface area contributed by atoms with Gasteiger partial charge in [-0.25, -0.2) is 0 Å². The van der Waals surface area contributed by atoms with E-state index in [-0.39, 0.29) is 22.9 Å².